The first-order valence-corrected chi connectivity index (χ1v) is 4.34. The van der Waals surface area contributed by atoms with E-state index < -0.39 is 0 Å². The summed E-state index contributed by atoms with van der Waals surface area (Å²) in [6, 6.07) is 0. The van der Waals surface area contributed by atoms with Crippen LogP contribution in [0.2, 0.25) is 0 Å². The lowest BCUT2D eigenvalue weighted by atomic mass is 10.4. The quantitative estimate of drug-likeness (QED) is 0.726. The van der Waals surface area contributed by atoms with Crippen LogP contribution in [0.3, 0.4) is 0 Å². The third-order valence-electron chi connectivity index (χ3n) is 1.99. The van der Waals surface area contributed by atoms with E-state index in [1.165, 1.54) is 0 Å². The fourth-order valence-electron chi connectivity index (χ4n) is 1.26. The normalized spacial score (nSPS) is 10.5. The SMILES string of the molecule is CNc1nc(NC)n2ncc(C)c2n1. The maximum atomic E-state index is 4.30. The van der Waals surface area contributed by atoms with Gasteiger partial charge in [-0.1, -0.05) is 0 Å². The molecule has 0 saturated heterocycles. The topological polar surface area (TPSA) is 67.1 Å². The van der Waals surface area contributed by atoms with Gasteiger partial charge in [-0.2, -0.15) is 19.6 Å². The minimum absolute atomic E-state index is 0.588. The summed E-state index contributed by atoms with van der Waals surface area (Å²) in [5.74, 6) is 1.26. The molecule has 0 atom stereocenters. The van der Waals surface area contributed by atoms with Gasteiger partial charge in [0.15, 0.2) is 5.65 Å². The molecule has 0 fully saturated rings. The van der Waals surface area contributed by atoms with Gasteiger partial charge in [-0.15, -0.1) is 0 Å². The van der Waals surface area contributed by atoms with Crippen molar-refractivity contribution in [1.29, 1.82) is 0 Å². The first-order valence-electron chi connectivity index (χ1n) is 4.34. The third-order valence-corrected chi connectivity index (χ3v) is 1.99. The summed E-state index contributed by atoms with van der Waals surface area (Å²) >= 11 is 0. The zero-order valence-electron chi connectivity index (χ0n) is 8.37. The molecule has 2 aromatic heterocycles. The van der Waals surface area contributed by atoms with Crippen LogP contribution in [0.15, 0.2) is 6.20 Å². The average Bonchev–Trinajstić information content (AvgIpc) is 2.59. The van der Waals surface area contributed by atoms with Crippen LogP contribution >= 0.6 is 0 Å². The minimum Gasteiger partial charge on any atom is -0.357 e. The summed E-state index contributed by atoms with van der Waals surface area (Å²) < 4.78 is 1.68. The number of aryl methyl sites for hydroxylation is 1. The van der Waals surface area contributed by atoms with Crippen molar-refractivity contribution in [2.45, 2.75) is 6.92 Å². The van der Waals surface area contributed by atoms with E-state index in [9.17, 15) is 0 Å². The molecule has 0 bridgehead atoms. The van der Waals surface area contributed by atoms with Crippen molar-refractivity contribution in [3.8, 4) is 0 Å². The lowest BCUT2D eigenvalue weighted by molar-refractivity contribution is 0.901. The van der Waals surface area contributed by atoms with Gasteiger partial charge in [0, 0.05) is 19.7 Å². The zero-order chi connectivity index (χ0) is 10.1. The maximum Gasteiger partial charge on any atom is 0.228 e. The second-order valence-corrected chi connectivity index (χ2v) is 2.93. The minimum atomic E-state index is 0.588. The van der Waals surface area contributed by atoms with Gasteiger partial charge in [0.25, 0.3) is 0 Å². The second kappa shape index (κ2) is 3.13. The van der Waals surface area contributed by atoms with Crippen molar-refractivity contribution >= 4 is 17.5 Å². The number of aromatic nitrogens is 4. The molecule has 0 amide bonds. The Balaban J connectivity index is 2.76. The van der Waals surface area contributed by atoms with Crippen LogP contribution in [0.4, 0.5) is 11.9 Å². The highest BCUT2D eigenvalue weighted by Crippen LogP contribution is 2.13. The molecule has 6 heteroatoms. The molecule has 74 valence electrons. The Labute approximate surface area is 81.4 Å². The molecule has 6 nitrogen and oxygen atoms in total. The van der Waals surface area contributed by atoms with Gasteiger partial charge in [-0.25, -0.2) is 0 Å². The highest BCUT2D eigenvalue weighted by molar-refractivity contribution is 5.53. The third kappa shape index (κ3) is 1.15. The lowest BCUT2D eigenvalue weighted by Gasteiger charge is -2.05. The molecule has 14 heavy (non-hydrogen) atoms. The number of anilines is 2. The van der Waals surface area contributed by atoms with E-state index >= 15 is 0 Å². The van der Waals surface area contributed by atoms with Crippen molar-refractivity contribution in [2.75, 3.05) is 24.7 Å². The van der Waals surface area contributed by atoms with Crippen molar-refractivity contribution in [2.24, 2.45) is 0 Å². The molecule has 0 aliphatic heterocycles. The summed E-state index contributed by atoms with van der Waals surface area (Å²) in [7, 11) is 3.59. The van der Waals surface area contributed by atoms with Crippen molar-refractivity contribution in [3.05, 3.63) is 11.8 Å². The van der Waals surface area contributed by atoms with E-state index in [1.54, 1.807) is 24.8 Å². The molecule has 0 radical (unpaired) electrons. The number of hydrogen-bond donors (Lipinski definition) is 2. The Hall–Kier alpha value is -1.85. The summed E-state index contributed by atoms with van der Waals surface area (Å²) in [5.41, 5.74) is 1.84. The lowest BCUT2D eigenvalue weighted by Crippen LogP contribution is -2.07. The molecule has 2 heterocycles. The molecule has 0 unspecified atom stereocenters. The highest BCUT2D eigenvalue weighted by atomic mass is 15.4. The van der Waals surface area contributed by atoms with Crippen LogP contribution in [0.5, 0.6) is 0 Å². The number of nitrogens with one attached hydrogen (secondary N) is 2. The highest BCUT2D eigenvalue weighted by Gasteiger charge is 2.08. The van der Waals surface area contributed by atoms with E-state index in [1.807, 2.05) is 6.92 Å². The summed E-state index contributed by atoms with van der Waals surface area (Å²) in [6.07, 6.45) is 1.77. The molecular weight excluding hydrogens is 180 g/mol. The van der Waals surface area contributed by atoms with E-state index in [0.29, 0.717) is 11.9 Å². The van der Waals surface area contributed by atoms with Crippen LogP contribution < -0.4 is 10.6 Å². The summed E-state index contributed by atoms with van der Waals surface area (Å²) in [4.78, 5) is 8.52. The molecule has 0 aliphatic carbocycles. The monoisotopic (exact) mass is 192 g/mol. The zero-order valence-corrected chi connectivity index (χ0v) is 8.37. The van der Waals surface area contributed by atoms with Crippen LogP contribution in [0.25, 0.3) is 5.65 Å². The smallest absolute Gasteiger partial charge is 0.228 e. The summed E-state index contributed by atoms with van der Waals surface area (Å²) in [5, 5.41) is 10.0. The first-order chi connectivity index (χ1) is 6.76. The van der Waals surface area contributed by atoms with Gasteiger partial charge in [0.05, 0.1) is 6.20 Å². The fourth-order valence-corrected chi connectivity index (χ4v) is 1.26. The number of fused-ring (bicyclic) bond motifs is 1. The largest absolute Gasteiger partial charge is 0.357 e. The molecule has 0 saturated carbocycles. The number of hydrogen-bond acceptors (Lipinski definition) is 5. The van der Waals surface area contributed by atoms with Crippen molar-refractivity contribution in [1.82, 2.24) is 19.6 Å². The molecule has 2 aromatic rings. The van der Waals surface area contributed by atoms with Crippen LogP contribution in [0, 0.1) is 6.92 Å². The van der Waals surface area contributed by atoms with Crippen molar-refractivity contribution < 1.29 is 0 Å². The Bertz CT molecular complexity index is 460. The molecule has 0 spiro atoms. The van der Waals surface area contributed by atoms with Gasteiger partial charge in [-0.3, -0.25) is 0 Å². The van der Waals surface area contributed by atoms with Gasteiger partial charge in [0.2, 0.25) is 11.9 Å². The maximum absolute atomic E-state index is 4.30. The summed E-state index contributed by atoms with van der Waals surface area (Å²) in [6.45, 7) is 1.97. The predicted molar refractivity (Wildman–Crippen MR) is 54.6 cm³/mol. The van der Waals surface area contributed by atoms with Crippen LogP contribution in [-0.2, 0) is 0 Å². The molecular formula is C8H12N6. The Morgan fingerprint density at radius 3 is 2.64 bits per heavy atom. The fraction of sp³-hybridized carbons (Fsp3) is 0.375. The second-order valence-electron chi connectivity index (χ2n) is 2.93. The van der Waals surface area contributed by atoms with Crippen LogP contribution in [-0.4, -0.2) is 33.7 Å². The number of rotatable bonds is 2. The van der Waals surface area contributed by atoms with Gasteiger partial charge < -0.3 is 10.6 Å². The van der Waals surface area contributed by atoms with E-state index in [4.69, 9.17) is 0 Å². The van der Waals surface area contributed by atoms with Gasteiger partial charge in [-0.05, 0) is 6.92 Å². The van der Waals surface area contributed by atoms with Crippen LogP contribution in [0.1, 0.15) is 5.56 Å². The Morgan fingerprint density at radius 1 is 1.21 bits per heavy atom. The van der Waals surface area contributed by atoms with Gasteiger partial charge >= 0.3 is 0 Å². The Morgan fingerprint density at radius 2 is 2.00 bits per heavy atom. The van der Waals surface area contributed by atoms with E-state index in [2.05, 4.69) is 25.7 Å². The average molecular weight is 192 g/mol. The molecule has 0 aromatic carbocycles. The molecule has 0 aliphatic rings. The van der Waals surface area contributed by atoms with E-state index in [-0.39, 0.29) is 0 Å². The van der Waals surface area contributed by atoms with E-state index in [0.717, 1.165) is 11.2 Å². The number of nitrogens with zero attached hydrogens (tertiary/aromatic N) is 4. The standard InChI is InChI=1S/C8H12N6/c1-5-4-11-14-6(5)12-7(9-2)13-8(14)10-3/h4H,1-3H3,(H2,9,10,12,13). The first kappa shape index (κ1) is 8.74. The Kier molecular flexibility index (Phi) is 1.95. The molecule has 2 N–H and O–H groups in total. The molecule has 2 rings (SSSR count). The van der Waals surface area contributed by atoms with Gasteiger partial charge in [0.1, 0.15) is 0 Å². The predicted octanol–water partition coefficient (Wildman–Crippen LogP) is 0.516. The van der Waals surface area contributed by atoms with Crippen molar-refractivity contribution in [3.63, 3.8) is 0 Å².